The molecule has 1 aromatic carbocycles. The molecule has 1 unspecified atom stereocenters. The second kappa shape index (κ2) is 7.57. The smallest absolute Gasteiger partial charge is 0.129 e. The highest BCUT2D eigenvalue weighted by atomic mass is 32.1. The minimum Gasteiger partial charge on any atom is -0.493 e. The maximum atomic E-state index is 9.11. The number of rotatable bonds is 7. The van der Waals surface area contributed by atoms with Crippen LogP contribution in [0.25, 0.3) is 0 Å². The first-order chi connectivity index (χ1) is 9.70. The molecule has 4 nitrogen and oxygen atoms in total. The fraction of sp³-hybridized carbons (Fsp3) is 0.533. The summed E-state index contributed by atoms with van der Waals surface area (Å²) in [5, 5.41) is 9.11. The highest BCUT2D eigenvalue weighted by Crippen LogP contribution is 2.18. The van der Waals surface area contributed by atoms with Crippen LogP contribution in [0.15, 0.2) is 24.3 Å². The van der Waals surface area contributed by atoms with Gasteiger partial charge in [0.05, 0.1) is 12.2 Å². The molecule has 0 amide bonds. The monoisotopic (exact) mass is 294 g/mol. The zero-order chi connectivity index (χ0) is 14.4. The average Bonchev–Trinajstić information content (AvgIpc) is 2.92. The maximum Gasteiger partial charge on any atom is 0.129 e. The summed E-state index contributed by atoms with van der Waals surface area (Å²) in [6, 6.07) is 7.60. The van der Waals surface area contributed by atoms with Crippen LogP contribution < -0.4 is 10.5 Å². The summed E-state index contributed by atoms with van der Waals surface area (Å²) >= 11 is 5.01. The van der Waals surface area contributed by atoms with Crippen molar-refractivity contribution in [1.82, 2.24) is 4.90 Å². The molecule has 1 aliphatic rings. The van der Waals surface area contributed by atoms with Crippen LogP contribution in [0.5, 0.6) is 5.75 Å². The molecule has 2 rings (SSSR count). The van der Waals surface area contributed by atoms with Crippen LogP contribution in [-0.2, 0) is 0 Å². The van der Waals surface area contributed by atoms with Crippen LogP contribution in [-0.4, -0.2) is 47.8 Å². The van der Waals surface area contributed by atoms with Gasteiger partial charge in [-0.15, -0.1) is 0 Å². The van der Waals surface area contributed by atoms with Gasteiger partial charge in [-0.2, -0.15) is 0 Å². The van der Waals surface area contributed by atoms with Crippen molar-refractivity contribution < 1.29 is 9.84 Å². The van der Waals surface area contributed by atoms with E-state index in [-0.39, 0.29) is 0 Å². The van der Waals surface area contributed by atoms with Crippen molar-refractivity contribution in [3.8, 4) is 5.75 Å². The zero-order valence-corrected chi connectivity index (χ0v) is 12.4. The SMILES string of the molecule is NC(=S)c1ccccc1OCCCN1CCC(CO)C1. The van der Waals surface area contributed by atoms with Crippen molar-refractivity contribution >= 4 is 17.2 Å². The molecule has 1 atom stereocenters. The molecule has 0 aliphatic carbocycles. The molecule has 3 N–H and O–H groups in total. The number of thiocarbonyl (C=S) groups is 1. The molecule has 0 aromatic heterocycles. The molecule has 0 bridgehead atoms. The van der Waals surface area contributed by atoms with E-state index >= 15 is 0 Å². The van der Waals surface area contributed by atoms with E-state index in [0.29, 0.717) is 24.1 Å². The molecule has 20 heavy (non-hydrogen) atoms. The van der Waals surface area contributed by atoms with Crippen molar-refractivity contribution in [3.05, 3.63) is 29.8 Å². The predicted octanol–water partition coefficient (Wildman–Crippen LogP) is 1.40. The molecule has 1 heterocycles. The van der Waals surface area contributed by atoms with Gasteiger partial charge in [-0.1, -0.05) is 24.4 Å². The van der Waals surface area contributed by atoms with Crippen molar-refractivity contribution in [2.24, 2.45) is 11.7 Å². The molecule has 5 heteroatoms. The van der Waals surface area contributed by atoms with E-state index in [1.54, 1.807) is 0 Å². The Labute approximate surface area is 125 Å². The second-order valence-corrected chi connectivity index (χ2v) is 5.64. The Morgan fingerprint density at radius 1 is 1.45 bits per heavy atom. The normalized spacial score (nSPS) is 19.1. The zero-order valence-electron chi connectivity index (χ0n) is 11.6. The number of hydrogen-bond acceptors (Lipinski definition) is 4. The van der Waals surface area contributed by atoms with Crippen LogP contribution in [0.2, 0.25) is 0 Å². The standard InChI is InChI=1S/C15H22N2O2S/c16-15(20)13-4-1-2-5-14(13)19-9-3-7-17-8-6-12(10-17)11-18/h1-2,4-5,12,18H,3,6-11H2,(H2,16,20). The average molecular weight is 294 g/mol. The molecule has 1 fully saturated rings. The number of nitrogens with zero attached hydrogens (tertiary/aromatic N) is 1. The Kier molecular flexibility index (Phi) is 5.76. The molecule has 110 valence electrons. The van der Waals surface area contributed by atoms with E-state index in [2.05, 4.69) is 4.90 Å². The van der Waals surface area contributed by atoms with Gasteiger partial charge >= 0.3 is 0 Å². The lowest BCUT2D eigenvalue weighted by Gasteiger charge is -2.16. The molecule has 1 aromatic rings. The van der Waals surface area contributed by atoms with E-state index in [4.69, 9.17) is 27.8 Å². The number of aliphatic hydroxyl groups excluding tert-OH is 1. The highest BCUT2D eigenvalue weighted by Gasteiger charge is 2.20. The molecule has 0 spiro atoms. The Balaban J connectivity index is 1.73. The summed E-state index contributed by atoms with van der Waals surface area (Å²) in [5.41, 5.74) is 6.46. The number of ether oxygens (including phenoxy) is 1. The molecule has 0 saturated carbocycles. The third-order valence-corrected chi connectivity index (χ3v) is 3.88. The van der Waals surface area contributed by atoms with Crippen LogP contribution >= 0.6 is 12.2 Å². The largest absolute Gasteiger partial charge is 0.493 e. The molecule has 0 radical (unpaired) electrons. The first kappa shape index (κ1) is 15.2. The van der Waals surface area contributed by atoms with Gasteiger partial charge in [0.1, 0.15) is 10.7 Å². The van der Waals surface area contributed by atoms with Gasteiger partial charge in [-0.3, -0.25) is 0 Å². The fourth-order valence-corrected chi connectivity index (χ4v) is 2.70. The summed E-state index contributed by atoms with van der Waals surface area (Å²) in [4.78, 5) is 2.75. The van der Waals surface area contributed by atoms with Crippen molar-refractivity contribution in [3.63, 3.8) is 0 Å². The number of benzene rings is 1. The second-order valence-electron chi connectivity index (χ2n) is 5.20. The van der Waals surface area contributed by atoms with Crippen molar-refractivity contribution in [1.29, 1.82) is 0 Å². The molecular weight excluding hydrogens is 272 g/mol. The van der Waals surface area contributed by atoms with Gasteiger partial charge in [0.25, 0.3) is 0 Å². The number of para-hydroxylation sites is 1. The van der Waals surface area contributed by atoms with Gasteiger partial charge < -0.3 is 20.5 Å². The topological polar surface area (TPSA) is 58.7 Å². The van der Waals surface area contributed by atoms with E-state index in [0.717, 1.165) is 43.8 Å². The van der Waals surface area contributed by atoms with Crippen LogP contribution in [0, 0.1) is 5.92 Å². The minimum absolute atomic E-state index is 0.300. The van der Waals surface area contributed by atoms with E-state index in [1.807, 2.05) is 24.3 Å². The lowest BCUT2D eigenvalue weighted by molar-refractivity contribution is 0.215. The maximum absolute atomic E-state index is 9.11. The Morgan fingerprint density at radius 3 is 2.95 bits per heavy atom. The van der Waals surface area contributed by atoms with Crippen LogP contribution in [0.4, 0.5) is 0 Å². The van der Waals surface area contributed by atoms with Gasteiger partial charge in [0.2, 0.25) is 0 Å². The quantitative estimate of drug-likeness (QED) is 0.588. The third kappa shape index (κ3) is 4.16. The third-order valence-electron chi connectivity index (χ3n) is 3.66. The van der Waals surface area contributed by atoms with E-state index in [9.17, 15) is 0 Å². The summed E-state index contributed by atoms with van der Waals surface area (Å²) in [6.45, 7) is 4.04. The fourth-order valence-electron chi connectivity index (χ4n) is 2.53. The molecule has 1 aliphatic heterocycles. The van der Waals surface area contributed by atoms with Crippen molar-refractivity contribution in [2.45, 2.75) is 12.8 Å². The van der Waals surface area contributed by atoms with Crippen molar-refractivity contribution in [2.75, 3.05) is 32.8 Å². The van der Waals surface area contributed by atoms with E-state index < -0.39 is 0 Å². The van der Waals surface area contributed by atoms with E-state index in [1.165, 1.54) is 0 Å². The number of likely N-dealkylation sites (tertiary alicyclic amines) is 1. The Bertz CT molecular complexity index is 453. The minimum atomic E-state index is 0.300. The van der Waals surface area contributed by atoms with Gasteiger partial charge in [0.15, 0.2) is 0 Å². The number of aliphatic hydroxyl groups is 1. The van der Waals surface area contributed by atoms with Crippen LogP contribution in [0.3, 0.4) is 0 Å². The summed E-state index contributed by atoms with van der Waals surface area (Å²) in [6.07, 6.45) is 2.06. The number of hydrogen-bond donors (Lipinski definition) is 2. The van der Waals surface area contributed by atoms with Gasteiger partial charge in [-0.25, -0.2) is 0 Å². The first-order valence-electron chi connectivity index (χ1n) is 7.05. The number of nitrogens with two attached hydrogens (primary N) is 1. The lowest BCUT2D eigenvalue weighted by Crippen LogP contribution is -2.24. The van der Waals surface area contributed by atoms with Gasteiger partial charge in [-0.05, 0) is 37.4 Å². The summed E-state index contributed by atoms with van der Waals surface area (Å²) in [7, 11) is 0. The lowest BCUT2D eigenvalue weighted by atomic mass is 10.1. The summed E-state index contributed by atoms with van der Waals surface area (Å²) in [5.74, 6) is 1.21. The Morgan fingerprint density at radius 2 is 2.25 bits per heavy atom. The highest BCUT2D eigenvalue weighted by molar-refractivity contribution is 7.80. The first-order valence-corrected chi connectivity index (χ1v) is 7.46. The predicted molar refractivity (Wildman–Crippen MR) is 84.1 cm³/mol. The van der Waals surface area contributed by atoms with Crippen LogP contribution in [0.1, 0.15) is 18.4 Å². The summed E-state index contributed by atoms with van der Waals surface area (Å²) < 4.78 is 5.77. The molecular formula is C15H22N2O2S. The molecule has 1 saturated heterocycles. The Hall–Kier alpha value is -1.17. The van der Waals surface area contributed by atoms with Gasteiger partial charge in [0, 0.05) is 19.7 Å².